The van der Waals surface area contributed by atoms with Gasteiger partial charge in [-0.2, -0.15) is 13.2 Å². The lowest BCUT2D eigenvalue weighted by molar-refractivity contribution is -0.137. The van der Waals surface area contributed by atoms with E-state index in [0.717, 1.165) is 12.1 Å². The van der Waals surface area contributed by atoms with Crippen LogP contribution in [0.15, 0.2) is 29.3 Å². The van der Waals surface area contributed by atoms with Gasteiger partial charge in [0.05, 0.1) is 12.1 Å². The first-order valence-electron chi connectivity index (χ1n) is 5.82. The molecule has 106 valence electrons. The summed E-state index contributed by atoms with van der Waals surface area (Å²) in [6, 6.07) is 5.06. The zero-order chi connectivity index (χ0) is 14.7. The van der Waals surface area contributed by atoms with Crippen molar-refractivity contribution in [3.63, 3.8) is 0 Å². The molecule has 0 saturated carbocycles. The van der Waals surface area contributed by atoms with Crippen LogP contribution in [-0.4, -0.2) is 11.5 Å². The molecule has 0 unspecified atom stereocenters. The molecule has 0 aliphatic heterocycles. The minimum Gasteiger partial charge on any atom is -0.370 e. The highest BCUT2D eigenvalue weighted by Crippen LogP contribution is 2.29. The zero-order valence-electron chi connectivity index (χ0n) is 11.2. The number of nitrogens with one attached hydrogen (secondary N) is 1. The van der Waals surface area contributed by atoms with Gasteiger partial charge in [-0.15, -0.1) is 0 Å². The Balaban J connectivity index is 2.76. The number of halogens is 3. The van der Waals surface area contributed by atoms with Crippen molar-refractivity contribution in [3.05, 3.63) is 35.4 Å². The van der Waals surface area contributed by atoms with E-state index < -0.39 is 11.7 Å². The first-order chi connectivity index (χ1) is 8.58. The summed E-state index contributed by atoms with van der Waals surface area (Å²) in [5.41, 5.74) is 5.20. The van der Waals surface area contributed by atoms with Gasteiger partial charge in [0.15, 0.2) is 5.96 Å². The van der Waals surface area contributed by atoms with Crippen molar-refractivity contribution in [3.8, 4) is 0 Å². The molecule has 1 rings (SSSR count). The van der Waals surface area contributed by atoms with Crippen molar-refractivity contribution in [1.82, 2.24) is 5.32 Å². The Morgan fingerprint density at radius 1 is 1.26 bits per heavy atom. The Morgan fingerprint density at radius 2 is 1.89 bits per heavy atom. The van der Waals surface area contributed by atoms with E-state index in [1.807, 2.05) is 20.8 Å². The van der Waals surface area contributed by atoms with Gasteiger partial charge in [-0.05, 0) is 38.5 Å². The third kappa shape index (κ3) is 5.63. The van der Waals surface area contributed by atoms with Gasteiger partial charge in [0.25, 0.3) is 0 Å². The smallest absolute Gasteiger partial charge is 0.370 e. The largest absolute Gasteiger partial charge is 0.416 e. The monoisotopic (exact) mass is 273 g/mol. The molecule has 1 aromatic rings. The van der Waals surface area contributed by atoms with E-state index in [9.17, 15) is 13.2 Å². The fraction of sp³-hybridized carbons (Fsp3) is 0.462. The van der Waals surface area contributed by atoms with Crippen LogP contribution in [0.4, 0.5) is 13.2 Å². The molecule has 0 saturated heterocycles. The van der Waals surface area contributed by atoms with Crippen LogP contribution in [0.1, 0.15) is 31.9 Å². The number of nitrogens with zero attached hydrogens (tertiary/aromatic N) is 1. The summed E-state index contributed by atoms with van der Waals surface area (Å²) >= 11 is 0. The van der Waals surface area contributed by atoms with E-state index in [4.69, 9.17) is 5.73 Å². The molecule has 0 amide bonds. The second kappa shape index (κ2) is 5.50. The molecular weight excluding hydrogens is 255 g/mol. The lowest BCUT2D eigenvalue weighted by Crippen LogP contribution is -2.44. The highest BCUT2D eigenvalue weighted by atomic mass is 19.4. The third-order valence-corrected chi connectivity index (χ3v) is 2.19. The van der Waals surface area contributed by atoms with E-state index in [-0.39, 0.29) is 18.0 Å². The standard InChI is InChI=1S/C13H18F3N3/c1-12(2,3)19-11(17)18-8-9-5-4-6-10(7-9)13(14,15)16/h4-7H,8H2,1-3H3,(H3,17,18,19). The van der Waals surface area contributed by atoms with Crippen LogP contribution in [0.5, 0.6) is 0 Å². The van der Waals surface area contributed by atoms with E-state index in [1.54, 1.807) is 6.07 Å². The fourth-order valence-corrected chi connectivity index (χ4v) is 1.45. The van der Waals surface area contributed by atoms with Crippen molar-refractivity contribution < 1.29 is 13.2 Å². The van der Waals surface area contributed by atoms with Crippen LogP contribution in [0, 0.1) is 0 Å². The van der Waals surface area contributed by atoms with Gasteiger partial charge in [0, 0.05) is 5.54 Å². The minimum absolute atomic E-state index is 0.110. The second-order valence-electron chi connectivity index (χ2n) is 5.27. The Hall–Kier alpha value is -1.72. The van der Waals surface area contributed by atoms with Gasteiger partial charge in [0.1, 0.15) is 0 Å². The molecule has 6 heteroatoms. The Bertz CT molecular complexity index is 459. The van der Waals surface area contributed by atoms with Crippen LogP contribution in [0.2, 0.25) is 0 Å². The maximum absolute atomic E-state index is 12.5. The van der Waals surface area contributed by atoms with E-state index in [0.29, 0.717) is 5.56 Å². The maximum atomic E-state index is 12.5. The molecule has 0 spiro atoms. The predicted octanol–water partition coefficient (Wildman–Crippen LogP) is 2.91. The van der Waals surface area contributed by atoms with Crippen molar-refractivity contribution >= 4 is 5.96 Å². The molecule has 0 aliphatic carbocycles. The van der Waals surface area contributed by atoms with Crippen LogP contribution in [0.3, 0.4) is 0 Å². The molecule has 0 aliphatic rings. The number of rotatable bonds is 2. The number of benzene rings is 1. The Labute approximate surface area is 110 Å². The highest BCUT2D eigenvalue weighted by Gasteiger charge is 2.30. The first-order valence-corrected chi connectivity index (χ1v) is 5.82. The van der Waals surface area contributed by atoms with E-state index >= 15 is 0 Å². The van der Waals surface area contributed by atoms with E-state index in [1.165, 1.54) is 6.07 Å². The summed E-state index contributed by atoms with van der Waals surface area (Å²) in [6.45, 7) is 5.86. The summed E-state index contributed by atoms with van der Waals surface area (Å²) in [4.78, 5) is 4.02. The van der Waals surface area contributed by atoms with E-state index in [2.05, 4.69) is 10.3 Å². The molecule has 0 heterocycles. The zero-order valence-corrected chi connectivity index (χ0v) is 11.2. The van der Waals surface area contributed by atoms with Gasteiger partial charge >= 0.3 is 6.18 Å². The summed E-state index contributed by atoms with van der Waals surface area (Å²) in [6.07, 6.45) is -4.34. The molecule has 0 atom stereocenters. The lowest BCUT2D eigenvalue weighted by atomic mass is 10.1. The van der Waals surface area contributed by atoms with Crippen LogP contribution in [-0.2, 0) is 12.7 Å². The Kier molecular flexibility index (Phi) is 4.44. The summed E-state index contributed by atoms with van der Waals surface area (Å²) in [7, 11) is 0. The predicted molar refractivity (Wildman–Crippen MR) is 69.7 cm³/mol. The first kappa shape index (κ1) is 15.3. The fourth-order valence-electron chi connectivity index (χ4n) is 1.45. The molecule has 0 radical (unpaired) electrons. The number of hydrogen-bond donors (Lipinski definition) is 2. The number of alkyl halides is 3. The van der Waals surface area contributed by atoms with Crippen molar-refractivity contribution in [2.24, 2.45) is 10.7 Å². The van der Waals surface area contributed by atoms with Gasteiger partial charge < -0.3 is 11.1 Å². The van der Waals surface area contributed by atoms with Crippen LogP contribution < -0.4 is 11.1 Å². The van der Waals surface area contributed by atoms with Gasteiger partial charge in [0.2, 0.25) is 0 Å². The quantitative estimate of drug-likeness (QED) is 0.643. The maximum Gasteiger partial charge on any atom is 0.416 e. The lowest BCUT2D eigenvalue weighted by Gasteiger charge is -2.21. The number of nitrogens with two attached hydrogens (primary N) is 1. The van der Waals surface area contributed by atoms with Crippen molar-refractivity contribution in [2.75, 3.05) is 0 Å². The Morgan fingerprint density at radius 3 is 2.42 bits per heavy atom. The molecule has 3 N–H and O–H groups in total. The van der Waals surface area contributed by atoms with Gasteiger partial charge in [-0.25, -0.2) is 4.99 Å². The molecule has 1 aromatic carbocycles. The molecule has 0 fully saturated rings. The van der Waals surface area contributed by atoms with Crippen molar-refractivity contribution in [1.29, 1.82) is 0 Å². The normalized spacial score (nSPS) is 13.5. The topological polar surface area (TPSA) is 50.4 Å². The number of aliphatic imine (C=N–C) groups is 1. The van der Waals surface area contributed by atoms with Crippen LogP contribution in [0.25, 0.3) is 0 Å². The number of guanidine groups is 1. The average molecular weight is 273 g/mol. The van der Waals surface area contributed by atoms with Gasteiger partial charge in [-0.3, -0.25) is 0 Å². The third-order valence-electron chi connectivity index (χ3n) is 2.19. The molecule has 19 heavy (non-hydrogen) atoms. The molecule has 0 aromatic heterocycles. The molecule has 3 nitrogen and oxygen atoms in total. The molecule has 0 bridgehead atoms. The van der Waals surface area contributed by atoms with Crippen LogP contribution >= 0.6 is 0 Å². The minimum atomic E-state index is -4.34. The molecular formula is C13H18F3N3. The highest BCUT2D eigenvalue weighted by molar-refractivity contribution is 5.78. The van der Waals surface area contributed by atoms with Crippen molar-refractivity contribution in [2.45, 2.75) is 39.0 Å². The summed E-state index contributed by atoms with van der Waals surface area (Å²) in [5, 5.41) is 2.94. The number of hydrogen-bond acceptors (Lipinski definition) is 1. The van der Waals surface area contributed by atoms with Gasteiger partial charge in [-0.1, -0.05) is 12.1 Å². The summed E-state index contributed by atoms with van der Waals surface area (Å²) in [5.74, 6) is 0.213. The second-order valence-corrected chi connectivity index (χ2v) is 5.27. The SMILES string of the molecule is CC(C)(C)NC(N)=NCc1cccc(C(F)(F)F)c1. The summed E-state index contributed by atoms with van der Waals surface area (Å²) < 4.78 is 37.5. The average Bonchev–Trinajstić information content (AvgIpc) is 2.23.